The predicted molar refractivity (Wildman–Crippen MR) is 202 cm³/mol. The van der Waals surface area contributed by atoms with Gasteiger partial charge in [0.1, 0.15) is 5.75 Å². The zero-order valence-electron chi connectivity index (χ0n) is 29.6. The normalized spacial score (nSPS) is 11.0. The Morgan fingerprint density at radius 3 is 1.67 bits per heavy atom. The number of fused-ring (bicyclic) bond motifs is 1. The highest BCUT2D eigenvalue weighted by Crippen LogP contribution is 2.26. The Hall–Kier alpha value is -3.79. The molecule has 0 atom stereocenters. The van der Waals surface area contributed by atoms with Gasteiger partial charge in [-0.15, -0.1) is 0 Å². The molecule has 0 fully saturated rings. The molecule has 0 radical (unpaired) electrons. The standard InChI is InChI=1S/C13H17N.C10H14O.C10H14.C8H14N2.CH4/c1-13(2,3)8-10-9-14-12-7-5-4-6-11(10)12;1-8(2)7-9-3-5-10(11)6-4-9;1-9(2)8-10-6-4-3-5-7-10;1-8(2,3)4-7-5-9-6-10-7;/h4-7,9,14H,8H2,1-3H3;3-6,8,11H,7H2,1-2H3;3-7,9H,8H2,1-2H3;5-6H,4H2,1-3H3,(H,9,10);1H4. The summed E-state index contributed by atoms with van der Waals surface area (Å²) in [6, 6.07) is 26.5. The van der Waals surface area contributed by atoms with Crippen LogP contribution in [0.3, 0.4) is 0 Å². The van der Waals surface area contributed by atoms with Crippen molar-refractivity contribution in [3.63, 3.8) is 0 Å². The van der Waals surface area contributed by atoms with E-state index in [1.54, 1.807) is 18.5 Å². The first kappa shape index (κ1) is 40.2. The molecule has 3 aromatic carbocycles. The Labute approximate surface area is 281 Å². The maximum atomic E-state index is 8.99. The monoisotopic (exact) mass is 625 g/mol. The summed E-state index contributed by atoms with van der Waals surface area (Å²) in [6.45, 7) is 22.3. The number of para-hydroxylation sites is 1. The molecule has 3 N–H and O–H groups in total. The first-order chi connectivity index (χ1) is 21.1. The van der Waals surface area contributed by atoms with Gasteiger partial charge in [0.25, 0.3) is 0 Å². The number of rotatable bonds is 6. The Morgan fingerprint density at radius 1 is 0.652 bits per heavy atom. The van der Waals surface area contributed by atoms with E-state index in [0.717, 1.165) is 25.2 Å². The molecule has 46 heavy (non-hydrogen) atoms. The zero-order chi connectivity index (χ0) is 33.5. The lowest BCUT2D eigenvalue weighted by Gasteiger charge is -2.17. The van der Waals surface area contributed by atoms with Crippen molar-refractivity contribution >= 4 is 10.9 Å². The topological polar surface area (TPSA) is 64.7 Å². The molecule has 252 valence electrons. The molecule has 0 unspecified atom stereocenters. The van der Waals surface area contributed by atoms with E-state index in [9.17, 15) is 0 Å². The summed E-state index contributed by atoms with van der Waals surface area (Å²) in [7, 11) is 0. The van der Waals surface area contributed by atoms with E-state index in [2.05, 4.69) is 145 Å². The van der Waals surface area contributed by atoms with Crippen LogP contribution in [0.5, 0.6) is 5.75 Å². The van der Waals surface area contributed by atoms with Crippen molar-refractivity contribution in [2.75, 3.05) is 0 Å². The van der Waals surface area contributed by atoms with Crippen LogP contribution in [-0.4, -0.2) is 20.1 Å². The lowest BCUT2D eigenvalue weighted by molar-refractivity contribution is 0.407. The fraction of sp³-hybridized carbons (Fsp3) is 0.452. The van der Waals surface area contributed by atoms with Crippen LogP contribution < -0.4 is 0 Å². The Morgan fingerprint density at radius 2 is 1.17 bits per heavy atom. The van der Waals surface area contributed by atoms with Crippen LogP contribution in [0.15, 0.2) is 97.6 Å². The maximum Gasteiger partial charge on any atom is 0.115 e. The molecule has 0 aliphatic heterocycles. The molecule has 0 aliphatic carbocycles. The number of hydrogen-bond donors (Lipinski definition) is 3. The predicted octanol–water partition coefficient (Wildman–Crippen LogP) is 11.9. The molecule has 2 aromatic heterocycles. The maximum absolute atomic E-state index is 8.99. The molecule has 0 amide bonds. The third-order valence-corrected chi connectivity index (χ3v) is 6.74. The van der Waals surface area contributed by atoms with Crippen LogP contribution in [0.25, 0.3) is 10.9 Å². The van der Waals surface area contributed by atoms with Crippen molar-refractivity contribution in [2.45, 2.75) is 102 Å². The third kappa shape index (κ3) is 17.6. The lowest BCUT2D eigenvalue weighted by atomic mass is 9.88. The van der Waals surface area contributed by atoms with Crippen molar-refractivity contribution in [2.24, 2.45) is 22.7 Å². The molecule has 4 nitrogen and oxygen atoms in total. The van der Waals surface area contributed by atoms with Gasteiger partial charge in [-0.05, 0) is 83.2 Å². The lowest BCUT2D eigenvalue weighted by Crippen LogP contribution is -2.09. The molecule has 0 bridgehead atoms. The number of phenolic OH excluding ortho intramolecular Hbond substituents is 1. The van der Waals surface area contributed by atoms with Crippen LogP contribution >= 0.6 is 0 Å². The van der Waals surface area contributed by atoms with E-state index in [4.69, 9.17) is 5.11 Å². The van der Waals surface area contributed by atoms with Crippen molar-refractivity contribution in [1.29, 1.82) is 0 Å². The molecular weight excluding hydrogens is 562 g/mol. The number of aromatic amines is 2. The first-order valence-corrected chi connectivity index (χ1v) is 16.5. The number of hydrogen-bond acceptors (Lipinski definition) is 2. The quantitative estimate of drug-likeness (QED) is 0.176. The second-order valence-corrected chi connectivity index (χ2v) is 15.3. The molecule has 0 spiro atoms. The molecule has 5 aromatic rings. The van der Waals surface area contributed by atoms with E-state index in [0.29, 0.717) is 22.5 Å². The van der Waals surface area contributed by atoms with E-state index < -0.39 is 0 Å². The number of H-pyrrole nitrogens is 2. The minimum absolute atomic E-state index is 0. The molecule has 2 heterocycles. The second kappa shape index (κ2) is 19.7. The minimum atomic E-state index is 0. The number of phenols is 1. The van der Waals surface area contributed by atoms with E-state index >= 15 is 0 Å². The van der Waals surface area contributed by atoms with Gasteiger partial charge in [-0.1, -0.05) is 137 Å². The highest BCUT2D eigenvalue weighted by Gasteiger charge is 2.14. The SMILES string of the molecule is C.CC(C)(C)Cc1c[nH]c2ccccc12.CC(C)(C)Cc1cnc[nH]1.CC(C)Cc1ccc(O)cc1.CC(C)Cc1ccccc1. The van der Waals surface area contributed by atoms with E-state index in [1.807, 2.05) is 18.3 Å². The molecule has 0 saturated heterocycles. The number of nitrogens with zero attached hydrogens (tertiary/aromatic N) is 1. The van der Waals surface area contributed by atoms with Gasteiger partial charge >= 0.3 is 0 Å². The second-order valence-electron chi connectivity index (χ2n) is 15.3. The fourth-order valence-corrected chi connectivity index (χ4v) is 4.99. The van der Waals surface area contributed by atoms with Crippen LogP contribution in [0.2, 0.25) is 0 Å². The van der Waals surface area contributed by atoms with Gasteiger partial charge in [-0.2, -0.15) is 0 Å². The number of aromatic nitrogens is 3. The number of imidazole rings is 1. The van der Waals surface area contributed by atoms with Crippen molar-refractivity contribution in [1.82, 2.24) is 15.0 Å². The van der Waals surface area contributed by atoms with Gasteiger partial charge in [0.15, 0.2) is 0 Å². The Balaban J connectivity index is 0.000000308. The molecule has 0 aliphatic rings. The largest absolute Gasteiger partial charge is 0.508 e. The summed E-state index contributed by atoms with van der Waals surface area (Å²) in [5.74, 6) is 1.79. The van der Waals surface area contributed by atoms with Crippen LogP contribution in [0.4, 0.5) is 0 Å². The van der Waals surface area contributed by atoms with Crippen molar-refractivity contribution in [3.8, 4) is 5.75 Å². The number of aromatic hydroxyl groups is 1. The molecule has 4 heteroatoms. The highest BCUT2D eigenvalue weighted by atomic mass is 16.3. The average Bonchev–Trinajstić information content (AvgIpc) is 3.59. The van der Waals surface area contributed by atoms with E-state index in [1.165, 1.54) is 39.7 Å². The first-order valence-electron chi connectivity index (χ1n) is 16.5. The van der Waals surface area contributed by atoms with Crippen LogP contribution in [0.1, 0.15) is 99.0 Å². The highest BCUT2D eigenvalue weighted by molar-refractivity contribution is 5.83. The smallest absolute Gasteiger partial charge is 0.115 e. The van der Waals surface area contributed by atoms with Gasteiger partial charge < -0.3 is 15.1 Å². The summed E-state index contributed by atoms with van der Waals surface area (Å²) in [4.78, 5) is 10.3. The summed E-state index contributed by atoms with van der Waals surface area (Å²) in [6.07, 6.45) is 10.2. The van der Waals surface area contributed by atoms with Crippen LogP contribution in [-0.2, 0) is 25.7 Å². The van der Waals surface area contributed by atoms with E-state index in [-0.39, 0.29) is 7.43 Å². The summed E-state index contributed by atoms with van der Waals surface area (Å²) in [5, 5.41) is 10.4. The molecule has 5 rings (SSSR count). The Kier molecular flexibility index (Phi) is 17.2. The molecule has 0 saturated carbocycles. The number of benzene rings is 3. The van der Waals surface area contributed by atoms with Gasteiger partial charge in [-0.25, -0.2) is 4.98 Å². The van der Waals surface area contributed by atoms with Crippen molar-refractivity contribution in [3.05, 3.63) is 120 Å². The number of nitrogens with one attached hydrogen (secondary N) is 2. The van der Waals surface area contributed by atoms with Crippen LogP contribution in [0, 0.1) is 22.7 Å². The minimum Gasteiger partial charge on any atom is -0.508 e. The summed E-state index contributed by atoms with van der Waals surface area (Å²) >= 11 is 0. The van der Waals surface area contributed by atoms with Gasteiger partial charge in [-0.3, -0.25) is 0 Å². The summed E-state index contributed by atoms with van der Waals surface area (Å²) in [5.41, 5.74) is 7.32. The average molecular weight is 626 g/mol. The Bertz CT molecular complexity index is 1450. The van der Waals surface area contributed by atoms with Gasteiger partial charge in [0.2, 0.25) is 0 Å². The van der Waals surface area contributed by atoms with Crippen molar-refractivity contribution < 1.29 is 5.11 Å². The fourth-order valence-electron chi connectivity index (χ4n) is 4.99. The third-order valence-electron chi connectivity index (χ3n) is 6.74. The molecular formula is C42H63N3O. The zero-order valence-corrected chi connectivity index (χ0v) is 29.6. The van der Waals surface area contributed by atoms with Gasteiger partial charge in [0.05, 0.1) is 6.33 Å². The summed E-state index contributed by atoms with van der Waals surface area (Å²) < 4.78 is 0. The van der Waals surface area contributed by atoms with Gasteiger partial charge in [0, 0.05) is 29.0 Å².